The van der Waals surface area contributed by atoms with Gasteiger partial charge in [-0.2, -0.15) is 0 Å². The molecule has 2 bridgehead atoms. The fourth-order valence-electron chi connectivity index (χ4n) is 7.03. The van der Waals surface area contributed by atoms with Crippen LogP contribution in [0.15, 0.2) is 28.9 Å². The molecule has 5 heteroatoms. The fraction of sp³-hybridized carbons (Fsp3) is 0.613. The van der Waals surface area contributed by atoms with Crippen molar-refractivity contribution < 1.29 is 14.0 Å². The van der Waals surface area contributed by atoms with Crippen LogP contribution < -0.4 is 10.6 Å². The lowest BCUT2D eigenvalue weighted by molar-refractivity contribution is -0.134. The molecule has 3 fully saturated rings. The first-order chi connectivity index (χ1) is 17.3. The van der Waals surface area contributed by atoms with E-state index >= 15 is 0 Å². The van der Waals surface area contributed by atoms with E-state index in [1.54, 1.807) is 6.26 Å². The molecule has 4 atom stereocenters. The summed E-state index contributed by atoms with van der Waals surface area (Å²) in [6.45, 7) is 8.61. The molecule has 192 valence electrons. The molecule has 2 amide bonds. The standard InChI is InChI=1S/C31H40N2O3/c1-30(2)22-15-16-31(30,3)27(19-22)32-17-9-7-5-4-6-8-10-21-11-13-26-24(18-21)25(20-36-26)23-12-14-28(34)33-29(23)35/h11,13,18,20,22-23,27,32H,4-7,9,12,14-17,19H2,1-3H3,(H,33,34,35)/t22-,23?,27+,31+/m1/s1. The zero-order valence-corrected chi connectivity index (χ0v) is 22.0. The van der Waals surface area contributed by atoms with Crippen molar-refractivity contribution >= 4 is 22.8 Å². The topological polar surface area (TPSA) is 71.3 Å². The first kappa shape index (κ1) is 25.1. The van der Waals surface area contributed by atoms with Gasteiger partial charge in [-0.15, -0.1) is 0 Å². The number of furan rings is 1. The third kappa shape index (κ3) is 4.61. The van der Waals surface area contributed by atoms with Gasteiger partial charge in [0.15, 0.2) is 0 Å². The lowest BCUT2D eigenvalue weighted by Crippen LogP contribution is -2.44. The van der Waals surface area contributed by atoms with Gasteiger partial charge in [0.05, 0.1) is 12.2 Å². The fourth-order valence-corrected chi connectivity index (χ4v) is 7.03. The lowest BCUT2D eigenvalue weighted by atomic mass is 9.69. The van der Waals surface area contributed by atoms with Crippen molar-refractivity contribution in [3.05, 3.63) is 35.6 Å². The number of benzene rings is 1. The van der Waals surface area contributed by atoms with Crippen molar-refractivity contribution in [1.29, 1.82) is 0 Å². The maximum absolute atomic E-state index is 12.3. The van der Waals surface area contributed by atoms with Gasteiger partial charge in [-0.1, -0.05) is 45.5 Å². The molecule has 0 spiro atoms. The molecule has 36 heavy (non-hydrogen) atoms. The molecule has 2 N–H and O–H groups in total. The summed E-state index contributed by atoms with van der Waals surface area (Å²) >= 11 is 0. The predicted octanol–water partition coefficient (Wildman–Crippen LogP) is 6.06. The first-order valence-corrected chi connectivity index (χ1v) is 13.9. The minimum absolute atomic E-state index is 0.203. The summed E-state index contributed by atoms with van der Waals surface area (Å²) < 4.78 is 5.67. The molecule has 2 saturated carbocycles. The predicted molar refractivity (Wildman–Crippen MR) is 142 cm³/mol. The van der Waals surface area contributed by atoms with Crippen LogP contribution in [0.3, 0.4) is 0 Å². The van der Waals surface area contributed by atoms with Crippen LogP contribution >= 0.6 is 0 Å². The largest absolute Gasteiger partial charge is 0.464 e. The van der Waals surface area contributed by atoms with Crippen LogP contribution in [0, 0.1) is 28.6 Å². The molecular formula is C31H40N2O3. The molecule has 1 aliphatic heterocycles. The molecule has 2 heterocycles. The van der Waals surface area contributed by atoms with E-state index in [0.717, 1.165) is 47.4 Å². The van der Waals surface area contributed by atoms with Crippen molar-refractivity contribution in [1.82, 2.24) is 10.6 Å². The van der Waals surface area contributed by atoms with Gasteiger partial charge in [-0.05, 0) is 80.0 Å². The summed E-state index contributed by atoms with van der Waals surface area (Å²) in [5.41, 5.74) is 3.48. The summed E-state index contributed by atoms with van der Waals surface area (Å²) in [4.78, 5) is 23.8. The number of hydrogen-bond donors (Lipinski definition) is 2. The van der Waals surface area contributed by atoms with Gasteiger partial charge in [-0.25, -0.2) is 0 Å². The molecule has 1 saturated heterocycles. The number of fused-ring (bicyclic) bond motifs is 3. The van der Waals surface area contributed by atoms with E-state index in [1.807, 2.05) is 18.2 Å². The highest BCUT2D eigenvalue weighted by Gasteiger charge is 2.60. The van der Waals surface area contributed by atoms with Crippen LogP contribution in [0.25, 0.3) is 11.0 Å². The van der Waals surface area contributed by atoms with Gasteiger partial charge in [0.25, 0.3) is 0 Å². The maximum atomic E-state index is 12.3. The van der Waals surface area contributed by atoms with Gasteiger partial charge in [0.1, 0.15) is 5.58 Å². The third-order valence-corrected chi connectivity index (χ3v) is 9.86. The zero-order chi connectivity index (χ0) is 25.3. The van der Waals surface area contributed by atoms with E-state index in [-0.39, 0.29) is 17.7 Å². The Hall–Kier alpha value is -2.58. The minimum Gasteiger partial charge on any atom is -0.464 e. The number of hydrogen-bond acceptors (Lipinski definition) is 4. The van der Waals surface area contributed by atoms with Crippen molar-refractivity contribution in [3.63, 3.8) is 0 Å². The van der Waals surface area contributed by atoms with Gasteiger partial charge >= 0.3 is 0 Å². The van der Waals surface area contributed by atoms with Crippen LogP contribution in [-0.4, -0.2) is 24.4 Å². The number of unbranched alkanes of at least 4 members (excludes halogenated alkanes) is 4. The molecule has 1 aromatic carbocycles. The Bertz CT molecular complexity index is 1200. The minimum atomic E-state index is -0.347. The van der Waals surface area contributed by atoms with E-state index in [0.29, 0.717) is 29.7 Å². The van der Waals surface area contributed by atoms with Gasteiger partial charge < -0.3 is 9.73 Å². The molecule has 3 aliphatic rings. The van der Waals surface area contributed by atoms with E-state index in [4.69, 9.17) is 4.42 Å². The van der Waals surface area contributed by atoms with Gasteiger partial charge in [-0.3, -0.25) is 14.9 Å². The highest BCUT2D eigenvalue weighted by Crippen LogP contribution is 2.65. The van der Waals surface area contributed by atoms with Crippen LogP contribution in [0.4, 0.5) is 0 Å². The normalized spacial score (nSPS) is 28.8. The average molecular weight is 489 g/mol. The quantitative estimate of drug-likeness (QED) is 0.269. The van der Waals surface area contributed by atoms with E-state index in [9.17, 15) is 9.59 Å². The Morgan fingerprint density at radius 2 is 1.94 bits per heavy atom. The zero-order valence-electron chi connectivity index (χ0n) is 22.0. The molecule has 5 nitrogen and oxygen atoms in total. The van der Waals surface area contributed by atoms with Gasteiger partial charge in [0, 0.05) is 35.4 Å². The summed E-state index contributed by atoms with van der Waals surface area (Å²) in [6, 6.07) is 6.59. The number of imide groups is 1. The number of amides is 2. The van der Waals surface area contributed by atoms with E-state index < -0.39 is 0 Å². The Morgan fingerprint density at radius 1 is 1.11 bits per heavy atom. The number of carbonyl (C=O) groups excluding carboxylic acids is 2. The second-order valence-electron chi connectivity index (χ2n) is 12.0. The maximum Gasteiger partial charge on any atom is 0.234 e. The SMILES string of the molecule is CC1(C)[C@@H]2CC[C@@]1(C)[C@@H](NCCCCCCC#Cc1ccc3occ(C4CCC(=O)NC4=O)c3c1)C2. The Labute approximate surface area is 215 Å². The number of carbonyl (C=O) groups is 2. The number of rotatable bonds is 8. The van der Waals surface area contributed by atoms with Crippen molar-refractivity contribution in [3.8, 4) is 11.8 Å². The number of piperidine rings is 1. The molecule has 1 unspecified atom stereocenters. The lowest BCUT2D eigenvalue weighted by Gasteiger charge is -2.39. The smallest absolute Gasteiger partial charge is 0.234 e. The molecular weight excluding hydrogens is 448 g/mol. The average Bonchev–Trinajstić information content (AvgIpc) is 3.42. The highest BCUT2D eigenvalue weighted by molar-refractivity contribution is 6.02. The monoisotopic (exact) mass is 488 g/mol. The molecule has 1 aromatic heterocycles. The third-order valence-electron chi connectivity index (χ3n) is 9.86. The molecule has 0 radical (unpaired) electrons. The summed E-state index contributed by atoms with van der Waals surface area (Å²) in [6.07, 6.45) is 12.4. The Balaban J connectivity index is 1.05. The van der Waals surface area contributed by atoms with Crippen LogP contribution in [0.2, 0.25) is 0 Å². The Morgan fingerprint density at radius 3 is 2.69 bits per heavy atom. The van der Waals surface area contributed by atoms with Crippen molar-refractivity contribution in [2.24, 2.45) is 16.7 Å². The van der Waals surface area contributed by atoms with E-state index in [1.165, 1.54) is 38.5 Å². The Kier molecular flexibility index (Phi) is 7.01. The summed E-state index contributed by atoms with van der Waals surface area (Å²) in [5, 5.41) is 7.25. The highest BCUT2D eigenvalue weighted by atomic mass is 16.3. The summed E-state index contributed by atoms with van der Waals surface area (Å²) in [5.74, 6) is 6.71. The first-order valence-electron chi connectivity index (χ1n) is 13.9. The van der Waals surface area contributed by atoms with E-state index in [2.05, 4.69) is 43.2 Å². The van der Waals surface area contributed by atoms with Crippen LogP contribution in [-0.2, 0) is 9.59 Å². The molecule has 2 aromatic rings. The van der Waals surface area contributed by atoms with Crippen LogP contribution in [0.5, 0.6) is 0 Å². The summed E-state index contributed by atoms with van der Waals surface area (Å²) in [7, 11) is 0. The second-order valence-corrected chi connectivity index (χ2v) is 12.0. The van der Waals surface area contributed by atoms with Gasteiger partial charge in [0.2, 0.25) is 11.8 Å². The molecule has 5 rings (SSSR count). The van der Waals surface area contributed by atoms with Crippen molar-refractivity contribution in [2.75, 3.05) is 6.54 Å². The number of nitrogens with one attached hydrogen (secondary N) is 2. The van der Waals surface area contributed by atoms with Crippen molar-refractivity contribution in [2.45, 2.75) is 96.9 Å². The second kappa shape index (κ2) is 10.1. The van der Waals surface area contributed by atoms with Crippen LogP contribution in [0.1, 0.15) is 102 Å². The molecule has 2 aliphatic carbocycles.